The van der Waals surface area contributed by atoms with E-state index in [2.05, 4.69) is 23.8 Å². The van der Waals surface area contributed by atoms with Crippen molar-refractivity contribution in [2.45, 2.75) is 70.9 Å². The molecule has 3 rings (SSSR count). The van der Waals surface area contributed by atoms with Crippen molar-refractivity contribution in [2.24, 2.45) is 11.8 Å². The molecule has 2 aliphatic rings. The maximum atomic E-state index is 12.7. The summed E-state index contributed by atoms with van der Waals surface area (Å²) in [6.07, 6.45) is 5.37. The fourth-order valence-electron chi connectivity index (χ4n) is 4.64. The van der Waals surface area contributed by atoms with Crippen LogP contribution in [0.25, 0.3) is 0 Å². The van der Waals surface area contributed by atoms with Crippen LogP contribution >= 0.6 is 0 Å². The molecule has 1 aliphatic heterocycles. The van der Waals surface area contributed by atoms with Crippen molar-refractivity contribution in [3.8, 4) is 0 Å². The lowest BCUT2D eigenvalue weighted by Crippen LogP contribution is -2.49. The van der Waals surface area contributed by atoms with E-state index in [9.17, 15) is 24.3 Å². The van der Waals surface area contributed by atoms with E-state index in [4.69, 9.17) is 5.11 Å². The summed E-state index contributed by atoms with van der Waals surface area (Å²) in [5, 5.41) is 24.8. The zero-order valence-electron chi connectivity index (χ0n) is 23.4. The lowest BCUT2D eigenvalue weighted by atomic mass is 9.79. The SMILES string of the molecule is C=C.CC.CCN(C)C(=O)C(O)(c1ccccc1)C1CCCC1.O=CNC(CC1CCNC1=O)C(=O)CO. The number of Topliss-reactive ketones (excluding diaryl/α,β-unsaturated/α-hetero) is 1. The lowest BCUT2D eigenvalue weighted by Gasteiger charge is -2.36. The first-order chi connectivity index (χ1) is 18.3. The summed E-state index contributed by atoms with van der Waals surface area (Å²) in [7, 11) is 1.76. The van der Waals surface area contributed by atoms with Gasteiger partial charge in [-0.3, -0.25) is 19.2 Å². The Morgan fingerprint density at radius 2 is 1.76 bits per heavy atom. The number of carbonyl (C=O) groups excluding carboxylic acids is 4. The number of rotatable bonds is 10. The Balaban J connectivity index is 0.000000651. The smallest absolute Gasteiger partial charge is 0.259 e. The number of nitrogens with zero attached hydrogens (tertiary/aromatic N) is 1. The Hall–Kier alpha value is -3.04. The maximum absolute atomic E-state index is 12.7. The van der Waals surface area contributed by atoms with Crippen LogP contribution in [0.4, 0.5) is 0 Å². The Labute approximate surface area is 227 Å². The van der Waals surface area contributed by atoms with Crippen molar-refractivity contribution in [1.82, 2.24) is 15.5 Å². The summed E-state index contributed by atoms with van der Waals surface area (Å²) in [4.78, 5) is 46.9. The van der Waals surface area contributed by atoms with Crippen molar-refractivity contribution in [3.63, 3.8) is 0 Å². The number of aliphatic hydroxyl groups excluding tert-OH is 1. The molecule has 4 N–H and O–H groups in total. The van der Waals surface area contributed by atoms with Crippen LogP contribution in [0.2, 0.25) is 0 Å². The summed E-state index contributed by atoms with van der Waals surface area (Å²) in [6.45, 7) is 12.5. The molecule has 2 fully saturated rings. The molecule has 3 unspecified atom stereocenters. The third kappa shape index (κ3) is 9.68. The van der Waals surface area contributed by atoms with E-state index in [0.717, 1.165) is 31.2 Å². The minimum atomic E-state index is -1.36. The van der Waals surface area contributed by atoms with Crippen LogP contribution in [-0.4, -0.2) is 71.9 Å². The highest BCUT2D eigenvalue weighted by molar-refractivity contribution is 5.88. The number of ketones is 1. The van der Waals surface area contributed by atoms with E-state index in [0.29, 0.717) is 25.9 Å². The van der Waals surface area contributed by atoms with E-state index in [1.54, 1.807) is 11.9 Å². The molecule has 3 amide bonds. The van der Waals surface area contributed by atoms with Crippen molar-refractivity contribution in [2.75, 3.05) is 26.7 Å². The summed E-state index contributed by atoms with van der Waals surface area (Å²) < 4.78 is 0. The number of aliphatic hydroxyl groups is 2. The van der Waals surface area contributed by atoms with E-state index < -0.39 is 24.0 Å². The number of carbonyl (C=O) groups is 4. The molecule has 214 valence electrons. The van der Waals surface area contributed by atoms with Crippen LogP contribution in [0.1, 0.15) is 64.9 Å². The number of nitrogens with one attached hydrogen (secondary N) is 2. The zero-order chi connectivity index (χ0) is 29.1. The molecule has 1 saturated carbocycles. The molecule has 1 aliphatic carbocycles. The molecule has 0 aromatic heterocycles. The molecule has 0 radical (unpaired) electrons. The molecule has 1 aromatic rings. The second-order valence-electron chi connectivity index (χ2n) is 8.91. The first-order valence-electron chi connectivity index (χ1n) is 13.4. The van der Waals surface area contributed by atoms with Gasteiger partial charge in [0.2, 0.25) is 12.3 Å². The van der Waals surface area contributed by atoms with Gasteiger partial charge in [0.15, 0.2) is 11.4 Å². The normalized spacial score (nSPS) is 18.5. The van der Waals surface area contributed by atoms with Gasteiger partial charge in [0, 0.05) is 32.0 Å². The van der Waals surface area contributed by atoms with Gasteiger partial charge in [-0.1, -0.05) is 57.0 Å². The molecule has 9 heteroatoms. The topological polar surface area (TPSA) is 136 Å². The summed E-state index contributed by atoms with van der Waals surface area (Å²) in [5.41, 5.74) is -0.630. The van der Waals surface area contributed by atoms with Gasteiger partial charge in [0.05, 0.1) is 6.04 Å². The Bertz CT molecular complexity index is 844. The summed E-state index contributed by atoms with van der Waals surface area (Å²) >= 11 is 0. The van der Waals surface area contributed by atoms with Gasteiger partial charge in [-0.25, -0.2) is 0 Å². The molecule has 1 heterocycles. The molecular weight excluding hydrogens is 486 g/mol. The molecule has 0 spiro atoms. The molecule has 38 heavy (non-hydrogen) atoms. The van der Waals surface area contributed by atoms with Gasteiger partial charge < -0.3 is 25.7 Å². The van der Waals surface area contributed by atoms with Crippen LogP contribution in [0, 0.1) is 11.8 Å². The monoisotopic (exact) mass is 533 g/mol. The minimum Gasteiger partial charge on any atom is -0.389 e. The van der Waals surface area contributed by atoms with Crippen LogP contribution in [-0.2, 0) is 24.8 Å². The van der Waals surface area contributed by atoms with Crippen molar-refractivity contribution in [1.29, 1.82) is 0 Å². The highest BCUT2D eigenvalue weighted by Crippen LogP contribution is 2.41. The molecule has 1 saturated heterocycles. The zero-order valence-corrected chi connectivity index (χ0v) is 23.4. The minimum absolute atomic E-state index is 0.0383. The highest BCUT2D eigenvalue weighted by Gasteiger charge is 2.47. The highest BCUT2D eigenvalue weighted by atomic mass is 16.3. The fourth-order valence-corrected chi connectivity index (χ4v) is 4.64. The van der Waals surface area contributed by atoms with Gasteiger partial charge in [-0.15, -0.1) is 13.2 Å². The fraction of sp³-hybridized carbons (Fsp3) is 0.586. The van der Waals surface area contributed by atoms with Crippen molar-refractivity contribution in [3.05, 3.63) is 49.1 Å². The van der Waals surface area contributed by atoms with Crippen LogP contribution in [0.5, 0.6) is 0 Å². The van der Waals surface area contributed by atoms with Gasteiger partial charge in [-0.2, -0.15) is 0 Å². The van der Waals surface area contributed by atoms with E-state index in [1.165, 1.54) is 0 Å². The quantitative estimate of drug-likeness (QED) is 0.270. The number of hydrogen-bond donors (Lipinski definition) is 4. The van der Waals surface area contributed by atoms with E-state index in [1.807, 2.05) is 51.1 Å². The number of benzene rings is 1. The van der Waals surface area contributed by atoms with Crippen molar-refractivity contribution < 1.29 is 29.4 Å². The molecule has 0 bridgehead atoms. The second kappa shape index (κ2) is 19.1. The molecule has 9 nitrogen and oxygen atoms in total. The molecule has 1 aromatic carbocycles. The molecular formula is C29H47N3O6. The van der Waals surface area contributed by atoms with E-state index >= 15 is 0 Å². The first kappa shape index (κ1) is 35.0. The number of amides is 3. The third-order valence-corrected chi connectivity index (χ3v) is 6.80. The first-order valence-corrected chi connectivity index (χ1v) is 13.4. The standard InChI is InChI=1S/C16H23NO2.C9H14N2O4.C2H6.C2H4/c1-3-17(2)15(18)16(19,14-11-7-8-12-14)13-9-5-4-6-10-13;12-4-8(14)7(11-5-13)3-6-1-2-10-9(6)15;2*1-2/h4-6,9-10,14,19H,3,7-8,11-12H2,1-2H3;5-7,12H,1-4H2,(H,10,15)(H,11,13);1-2H3;1-2H2. The van der Waals surface area contributed by atoms with Gasteiger partial charge >= 0.3 is 0 Å². The van der Waals surface area contributed by atoms with Gasteiger partial charge in [0.25, 0.3) is 5.91 Å². The van der Waals surface area contributed by atoms with E-state index in [-0.39, 0.29) is 30.1 Å². The van der Waals surface area contributed by atoms with Gasteiger partial charge in [-0.05, 0) is 38.2 Å². The Kier molecular flexibility index (Phi) is 17.6. The largest absolute Gasteiger partial charge is 0.389 e. The second-order valence-corrected chi connectivity index (χ2v) is 8.91. The van der Waals surface area contributed by atoms with Crippen molar-refractivity contribution >= 4 is 24.0 Å². The third-order valence-electron chi connectivity index (χ3n) is 6.80. The predicted octanol–water partition coefficient (Wildman–Crippen LogP) is 2.56. The predicted molar refractivity (Wildman–Crippen MR) is 149 cm³/mol. The average molecular weight is 534 g/mol. The lowest BCUT2D eigenvalue weighted by molar-refractivity contribution is -0.157. The Morgan fingerprint density at radius 1 is 1.18 bits per heavy atom. The van der Waals surface area contributed by atoms with Crippen LogP contribution < -0.4 is 10.6 Å². The summed E-state index contributed by atoms with van der Waals surface area (Å²) in [5.74, 6) is -0.956. The molecule has 3 atom stereocenters. The van der Waals surface area contributed by atoms with Crippen LogP contribution in [0.3, 0.4) is 0 Å². The number of likely N-dealkylation sites (N-methyl/N-ethyl adjacent to an activating group) is 1. The maximum Gasteiger partial charge on any atom is 0.259 e. The Morgan fingerprint density at radius 3 is 2.21 bits per heavy atom. The number of hydrogen-bond acceptors (Lipinski definition) is 6. The summed E-state index contributed by atoms with van der Waals surface area (Å²) in [6, 6.07) is 8.64. The van der Waals surface area contributed by atoms with Crippen LogP contribution in [0.15, 0.2) is 43.5 Å². The average Bonchev–Trinajstić information content (AvgIpc) is 3.66. The van der Waals surface area contributed by atoms with Gasteiger partial charge in [0.1, 0.15) is 6.61 Å².